The van der Waals surface area contributed by atoms with Gasteiger partial charge in [0, 0.05) is 44.2 Å². The molecule has 6 rings (SSSR count). The van der Waals surface area contributed by atoms with E-state index in [-0.39, 0.29) is 20.1 Å². The Balaban J connectivity index is 0.000000179. The second kappa shape index (κ2) is 10.2. The molecule has 3 aromatic carbocycles. The molecule has 0 atom stereocenters. The van der Waals surface area contributed by atoms with Crippen molar-refractivity contribution in [3.63, 3.8) is 0 Å². The maximum absolute atomic E-state index is 4.51. The standard InChI is InChI=1S/C18H17N2Si.C12H10N.Ir/c1-21(2,3)13-8-9-17-16(12-13)14-6-4-5-7-15(14)18-19-10-11-20(17)18;1-10-6-5-9-13-12(10)11-7-3-2-4-8-11;/h4-6,8-12H,1-3H3;2-7,9H,1H3;/q2*-1;. The molecule has 35 heavy (non-hydrogen) atoms. The molecule has 3 aromatic heterocycles. The van der Waals surface area contributed by atoms with E-state index in [4.69, 9.17) is 0 Å². The van der Waals surface area contributed by atoms with Crippen LogP contribution in [0.1, 0.15) is 5.56 Å². The van der Waals surface area contributed by atoms with Crippen molar-refractivity contribution in [1.82, 2.24) is 14.4 Å². The Morgan fingerprint density at radius 3 is 2.37 bits per heavy atom. The number of benzene rings is 3. The van der Waals surface area contributed by atoms with Crippen LogP contribution in [0, 0.1) is 19.1 Å². The zero-order valence-electron chi connectivity index (χ0n) is 20.3. The molecule has 0 amide bonds. The second-order valence-electron chi connectivity index (χ2n) is 9.51. The molecule has 0 bridgehead atoms. The Hall–Kier alpha value is -3.11. The minimum atomic E-state index is -1.32. The van der Waals surface area contributed by atoms with Gasteiger partial charge < -0.3 is 9.38 Å². The zero-order chi connectivity index (χ0) is 23.7. The van der Waals surface area contributed by atoms with Gasteiger partial charge in [0.25, 0.3) is 0 Å². The first-order valence-corrected chi connectivity index (χ1v) is 15.0. The number of hydrogen-bond donors (Lipinski definition) is 0. The second-order valence-corrected chi connectivity index (χ2v) is 14.6. The number of aromatic nitrogens is 3. The Kier molecular flexibility index (Phi) is 7.32. The molecule has 6 aromatic rings. The van der Waals surface area contributed by atoms with Gasteiger partial charge in [0.1, 0.15) is 0 Å². The van der Waals surface area contributed by atoms with E-state index < -0.39 is 8.07 Å². The summed E-state index contributed by atoms with van der Waals surface area (Å²) < 4.78 is 2.17. The third kappa shape index (κ3) is 4.99. The van der Waals surface area contributed by atoms with Crippen LogP contribution in [-0.4, -0.2) is 22.4 Å². The molecule has 0 aliphatic rings. The summed E-state index contributed by atoms with van der Waals surface area (Å²) in [4.78, 5) is 8.83. The summed E-state index contributed by atoms with van der Waals surface area (Å²) in [6, 6.07) is 31.5. The molecule has 0 aliphatic heterocycles. The first kappa shape index (κ1) is 25.0. The van der Waals surface area contributed by atoms with Crippen molar-refractivity contribution in [1.29, 1.82) is 0 Å². The maximum Gasteiger partial charge on any atom is 0.0775 e. The molecule has 0 saturated carbocycles. The van der Waals surface area contributed by atoms with Gasteiger partial charge >= 0.3 is 0 Å². The van der Waals surface area contributed by atoms with Crippen LogP contribution in [0.25, 0.3) is 38.6 Å². The van der Waals surface area contributed by atoms with E-state index in [2.05, 4.69) is 89.5 Å². The average Bonchev–Trinajstić information content (AvgIpc) is 3.35. The van der Waals surface area contributed by atoms with Crippen LogP contribution in [-0.2, 0) is 20.1 Å². The number of pyridine rings is 2. The van der Waals surface area contributed by atoms with Crippen molar-refractivity contribution in [2.45, 2.75) is 26.6 Å². The first-order valence-electron chi connectivity index (χ1n) is 11.5. The van der Waals surface area contributed by atoms with Gasteiger partial charge in [-0.1, -0.05) is 54.0 Å². The number of hydrogen-bond acceptors (Lipinski definition) is 2. The van der Waals surface area contributed by atoms with Crippen molar-refractivity contribution < 1.29 is 20.1 Å². The van der Waals surface area contributed by atoms with Gasteiger partial charge in [-0.3, -0.25) is 4.98 Å². The van der Waals surface area contributed by atoms with E-state index >= 15 is 0 Å². The van der Waals surface area contributed by atoms with E-state index in [0.717, 1.165) is 22.3 Å². The summed E-state index contributed by atoms with van der Waals surface area (Å²) in [5.41, 5.74) is 5.46. The third-order valence-corrected chi connectivity index (χ3v) is 8.15. The minimum Gasteiger partial charge on any atom is -0.340 e. The SMILES string of the molecule is C[Si](C)(C)c1ccc2c(c1)c1ccc[c-]c1c1nccn21.Cc1cccnc1-c1[c-]cccc1.[Ir]. The number of aryl methyl sites for hydroxylation is 1. The Labute approximate surface area is 221 Å². The summed E-state index contributed by atoms with van der Waals surface area (Å²) in [5, 5.41) is 5.13. The quantitative estimate of drug-likeness (QED) is 0.117. The Morgan fingerprint density at radius 1 is 0.800 bits per heavy atom. The normalized spacial score (nSPS) is 11.2. The van der Waals surface area contributed by atoms with Crippen molar-refractivity contribution in [3.8, 4) is 11.3 Å². The van der Waals surface area contributed by atoms with Gasteiger partial charge in [0.15, 0.2) is 0 Å². The van der Waals surface area contributed by atoms with Crippen LogP contribution in [0.4, 0.5) is 0 Å². The molecule has 1 radical (unpaired) electrons. The molecule has 0 saturated heterocycles. The minimum absolute atomic E-state index is 0. The molecule has 0 fully saturated rings. The fraction of sp³-hybridized carbons (Fsp3) is 0.133. The fourth-order valence-corrected chi connectivity index (χ4v) is 5.43. The van der Waals surface area contributed by atoms with Crippen LogP contribution < -0.4 is 5.19 Å². The molecular formula is C30H27IrN3Si-2. The van der Waals surface area contributed by atoms with Crippen LogP contribution in [0.15, 0.2) is 91.4 Å². The predicted molar refractivity (Wildman–Crippen MR) is 145 cm³/mol. The van der Waals surface area contributed by atoms with Gasteiger partial charge in [-0.05, 0) is 30.1 Å². The summed E-state index contributed by atoms with van der Waals surface area (Å²) in [6.07, 6.45) is 5.71. The van der Waals surface area contributed by atoms with Crippen molar-refractivity contribution in [2.75, 3.05) is 0 Å². The monoisotopic (exact) mass is 650 g/mol. The predicted octanol–water partition coefficient (Wildman–Crippen LogP) is 6.84. The van der Waals surface area contributed by atoms with Gasteiger partial charge in [-0.15, -0.1) is 65.5 Å². The van der Waals surface area contributed by atoms with E-state index in [1.54, 1.807) is 0 Å². The summed E-state index contributed by atoms with van der Waals surface area (Å²) >= 11 is 0. The summed E-state index contributed by atoms with van der Waals surface area (Å²) in [7, 11) is -1.32. The fourth-order valence-electron chi connectivity index (χ4n) is 4.27. The molecular weight excluding hydrogens is 623 g/mol. The first-order chi connectivity index (χ1) is 16.4. The molecule has 0 aliphatic carbocycles. The molecule has 3 heterocycles. The van der Waals surface area contributed by atoms with Crippen molar-refractivity contribution >= 4 is 40.6 Å². The molecule has 0 unspecified atom stereocenters. The van der Waals surface area contributed by atoms with Crippen LogP contribution in [0.2, 0.25) is 19.6 Å². The van der Waals surface area contributed by atoms with Gasteiger partial charge in [-0.25, -0.2) is 0 Å². The van der Waals surface area contributed by atoms with Crippen LogP contribution >= 0.6 is 0 Å². The van der Waals surface area contributed by atoms with Gasteiger partial charge in [0.05, 0.1) is 13.7 Å². The molecule has 0 spiro atoms. The Bertz CT molecular complexity index is 1600. The molecule has 0 N–H and O–H groups in total. The van der Waals surface area contributed by atoms with Crippen molar-refractivity contribution in [2.24, 2.45) is 0 Å². The largest absolute Gasteiger partial charge is 0.340 e. The number of fused-ring (bicyclic) bond motifs is 6. The molecule has 177 valence electrons. The van der Waals surface area contributed by atoms with E-state index in [1.807, 2.05) is 55.0 Å². The molecule has 5 heteroatoms. The third-order valence-electron chi connectivity index (χ3n) is 6.11. The number of nitrogens with zero attached hydrogens (tertiary/aromatic N) is 3. The van der Waals surface area contributed by atoms with Crippen molar-refractivity contribution in [3.05, 3.63) is 109 Å². The molecule has 3 nitrogen and oxygen atoms in total. The number of rotatable bonds is 2. The number of imidazole rings is 1. The summed E-state index contributed by atoms with van der Waals surface area (Å²) in [6.45, 7) is 9.22. The topological polar surface area (TPSA) is 30.2 Å². The van der Waals surface area contributed by atoms with Gasteiger partial charge in [-0.2, -0.15) is 0 Å². The van der Waals surface area contributed by atoms with E-state index in [0.29, 0.717) is 0 Å². The van der Waals surface area contributed by atoms with E-state index in [1.165, 1.54) is 27.0 Å². The van der Waals surface area contributed by atoms with E-state index in [9.17, 15) is 0 Å². The summed E-state index contributed by atoms with van der Waals surface area (Å²) in [5.74, 6) is 0. The smallest absolute Gasteiger partial charge is 0.0775 e. The maximum atomic E-state index is 4.51. The average molecular weight is 650 g/mol. The van der Waals surface area contributed by atoms with Gasteiger partial charge in [0.2, 0.25) is 0 Å². The van der Waals surface area contributed by atoms with Crippen LogP contribution in [0.5, 0.6) is 0 Å². The Morgan fingerprint density at radius 2 is 1.63 bits per heavy atom. The zero-order valence-corrected chi connectivity index (χ0v) is 23.7. The van der Waals surface area contributed by atoms with Crippen LogP contribution in [0.3, 0.4) is 0 Å².